The lowest BCUT2D eigenvalue weighted by atomic mass is 10.1. The van der Waals surface area contributed by atoms with E-state index < -0.39 is 0 Å². The molecule has 18 heavy (non-hydrogen) atoms. The first-order chi connectivity index (χ1) is 8.85. The van der Waals surface area contributed by atoms with Gasteiger partial charge in [0.15, 0.2) is 0 Å². The molecule has 2 aliphatic rings. The molecule has 1 saturated carbocycles. The summed E-state index contributed by atoms with van der Waals surface area (Å²) < 4.78 is 1.75. The molecular formula is C14H22N4. The van der Waals surface area contributed by atoms with Gasteiger partial charge in [-0.05, 0) is 38.3 Å². The number of nitrogens with zero attached hydrogens (tertiary/aromatic N) is 3. The monoisotopic (exact) mass is 246 g/mol. The van der Waals surface area contributed by atoms with Gasteiger partial charge in [-0.15, -0.1) is 0 Å². The number of aromatic nitrogens is 2. The van der Waals surface area contributed by atoms with E-state index in [1.165, 1.54) is 37.9 Å². The van der Waals surface area contributed by atoms with Crippen molar-refractivity contribution >= 4 is 6.20 Å². The smallest absolute Gasteiger partial charge is 0.0538 e. The third-order valence-electron chi connectivity index (χ3n) is 3.98. The van der Waals surface area contributed by atoms with Crippen LogP contribution in [0.5, 0.6) is 0 Å². The van der Waals surface area contributed by atoms with Crippen molar-refractivity contribution in [2.75, 3.05) is 19.6 Å². The molecule has 0 bridgehead atoms. The first-order valence-corrected chi connectivity index (χ1v) is 6.95. The zero-order chi connectivity index (χ0) is 12.4. The van der Waals surface area contributed by atoms with Gasteiger partial charge in [-0.3, -0.25) is 0 Å². The molecular weight excluding hydrogens is 224 g/mol. The van der Waals surface area contributed by atoms with Crippen molar-refractivity contribution in [2.45, 2.75) is 31.8 Å². The molecule has 0 spiro atoms. The Morgan fingerprint density at radius 3 is 3.06 bits per heavy atom. The Kier molecular flexibility index (Phi) is 3.48. The normalized spacial score (nSPS) is 24.6. The van der Waals surface area contributed by atoms with Crippen molar-refractivity contribution in [1.29, 1.82) is 0 Å². The summed E-state index contributed by atoms with van der Waals surface area (Å²) in [4.78, 5) is 2.67. The maximum absolute atomic E-state index is 4.18. The largest absolute Gasteiger partial charge is 0.312 e. The lowest BCUT2D eigenvalue weighted by Crippen LogP contribution is -2.27. The topological polar surface area (TPSA) is 33.1 Å². The number of hydrogen-bond donors (Lipinski definition) is 1. The predicted molar refractivity (Wildman–Crippen MR) is 73.0 cm³/mol. The Morgan fingerprint density at radius 2 is 2.33 bits per heavy atom. The van der Waals surface area contributed by atoms with Crippen LogP contribution in [0.15, 0.2) is 19.0 Å². The van der Waals surface area contributed by atoms with E-state index in [2.05, 4.69) is 21.9 Å². The lowest BCUT2D eigenvalue weighted by molar-refractivity contribution is 0.312. The van der Waals surface area contributed by atoms with Crippen LogP contribution in [-0.2, 0) is 6.54 Å². The SMILES string of the molecule is C=Cn1cc(CNCC2CCN(C3CC3)C2)cn1. The van der Waals surface area contributed by atoms with Gasteiger partial charge in [-0.1, -0.05) is 6.58 Å². The summed E-state index contributed by atoms with van der Waals surface area (Å²) in [7, 11) is 0. The highest BCUT2D eigenvalue weighted by Gasteiger charge is 2.33. The number of nitrogens with one attached hydrogen (secondary N) is 1. The number of hydrogen-bond acceptors (Lipinski definition) is 3. The van der Waals surface area contributed by atoms with E-state index in [0.29, 0.717) is 0 Å². The van der Waals surface area contributed by atoms with Crippen LogP contribution >= 0.6 is 0 Å². The van der Waals surface area contributed by atoms with Gasteiger partial charge < -0.3 is 10.2 Å². The molecule has 1 saturated heterocycles. The van der Waals surface area contributed by atoms with Gasteiger partial charge in [0.2, 0.25) is 0 Å². The highest BCUT2D eigenvalue weighted by molar-refractivity contribution is 5.17. The molecule has 4 nitrogen and oxygen atoms in total. The van der Waals surface area contributed by atoms with Crippen LogP contribution in [-0.4, -0.2) is 40.4 Å². The Labute approximate surface area is 109 Å². The van der Waals surface area contributed by atoms with Crippen LogP contribution in [0.3, 0.4) is 0 Å². The Balaban J connectivity index is 1.38. The minimum Gasteiger partial charge on any atom is -0.312 e. The molecule has 0 aromatic carbocycles. The van der Waals surface area contributed by atoms with Crippen molar-refractivity contribution in [3.8, 4) is 0 Å². The van der Waals surface area contributed by atoms with Gasteiger partial charge in [0.1, 0.15) is 0 Å². The van der Waals surface area contributed by atoms with E-state index in [1.807, 2.05) is 12.4 Å². The fourth-order valence-electron chi connectivity index (χ4n) is 2.79. The van der Waals surface area contributed by atoms with Crippen LogP contribution in [0.2, 0.25) is 0 Å². The second kappa shape index (κ2) is 5.24. The lowest BCUT2D eigenvalue weighted by Gasteiger charge is -2.14. The molecule has 1 N–H and O–H groups in total. The maximum Gasteiger partial charge on any atom is 0.0538 e. The third kappa shape index (κ3) is 2.82. The van der Waals surface area contributed by atoms with E-state index in [9.17, 15) is 0 Å². The van der Waals surface area contributed by atoms with E-state index in [4.69, 9.17) is 0 Å². The van der Waals surface area contributed by atoms with Crippen LogP contribution in [0.25, 0.3) is 6.20 Å². The van der Waals surface area contributed by atoms with Gasteiger partial charge in [0, 0.05) is 37.1 Å². The molecule has 2 fully saturated rings. The zero-order valence-electron chi connectivity index (χ0n) is 10.9. The molecule has 0 amide bonds. The molecule has 0 radical (unpaired) electrons. The molecule has 98 valence electrons. The average Bonchev–Trinajstić information content (AvgIpc) is 2.96. The van der Waals surface area contributed by atoms with Gasteiger partial charge >= 0.3 is 0 Å². The molecule has 1 atom stereocenters. The van der Waals surface area contributed by atoms with Gasteiger partial charge in [-0.2, -0.15) is 5.10 Å². The fraction of sp³-hybridized carbons (Fsp3) is 0.643. The molecule has 4 heteroatoms. The van der Waals surface area contributed by atoms with E-state index in [0.717, 1.165) is 25.0 Å². The Morgan fingerprint density at radius 1 is 1.44 bits per heavy atom. The van der Waals surface area contributed by atoms with Crippen LogP contribution < -0.4 is 5.32 Å². The minimum atomic E-state index is 0.833. The van der Waals surface area contributed by atoms with Crippen LogP contribution in [0.1, 0.15) is 24.8 Å². The highest BCUT2D eigenvalue weighted by atomic mass is 15.2. The summed E-state index contributed by atoms with van der Waals surface area (Å²) in [6, 6.07) is 0.931. The van der Waals surface area contributed by atoms with Crippen LogP contribution in [0, 0.1) is 5.92 Å². The summed E-state index contributed by atoms with van der Waals surface area (Å²) >= 11 is 0. The average molecular weight is 246 g/mol. The van der Waals surface area contributed by atoms with E-state index >= 15 is 0 Å². The van der Waals surface area contributed by atoms with E-state index in [1.54, 1.807) is 10.9 Å². The molecule has 1 aliphatic carbocycles. The minimum absolute atomic E-state index is 0.833. The van der Waals surface area contributed by atoms with Gasteiger partial charge in [0.05, 0.1) is 6.20 Å². The standard InChI is InChI=1S/C14H22N4/c1-2-18-11-13(9-16-18)8-15-7-12-5-6-17(10-12)14-3-4-14/h2,9,11-12,14-15H,1,3-8,10H2. The first-order valence-electron chi connectivity index (χ1n) is 6.95. The summed E-state index contributed by atoms with van der Waals surface area (Å²) in [5, 5.41) is 7.73. The second-order valence-corrected chi connectivity index (χ2v) is 5.52. The zero-order valence-corrected chi connectivity index (χ0v) is 10.9. The first kappa shape index (κ1) is 11.9. The number of rotatable bonds is 6. The summed E-state index contributed by atoms with van der Waals surface area (Å²) in [6.45, 7) is 8.34. The number of likely N-dealkylation sites (tertiary alicyclic amines) is 1. The van der Waals surface area contributed by atoms with Crippen molar-refractivity contribution in [3.63, 3.8) is 0 Å². The second-order valence-electron chi connectivity index (χ2n) is 5.52. The maximum atomic E-state index is 4.18. The third-order valence-corrected chi connectivity index (χ3v) is 3.98. The van der Waals surface area contributed by atoms with Crippen LogP contribution in [0.4, 0.5) is 0 Å². The van der Waals surface area contributed by atoms with E-state index in [-0.39, 0.29) is 0 Å². The van der Waals surface area contributed by atoms with Crippen molar-refractivity contribution in [2.24, 2.45) is 5.92 Å². The predicted octanol–water partition coefficient (Wildman–Crippen LogP) is 1.56. The molecule has 1 aromatic heterocycles. The summed E-state index contributed by atoms with van der Waals surface area (Å²) in [6.07, 6.45) is 9.86. The quantitative estimate of drug-likeness (QED) is 0.827. The van der Waals surface area contributed by atoms with Crippen molar-refractivity contribution in [1.82, 2.24) is 20.0 Å². The molecule has 2 heterocycles. The Hall–Kier alpha value is -1.13. The van der Waals surface area contributed by atoms with Gasteiger partial charge in [-0.25, -0.2) is 4.68 Å². The molecule has 1 aliphatic heterocycles. The Bertz CT molecular complexity index is 408. The molecule has 1 aromatic rings. The van der Waals surface area contributed by atoms with Gasteiger partial charge in [0.25, 0.3) is 0 Å². The molecule has 3 rings (SSSR count). The van der Waals surface area contributed by atoms with Crippen molar-refractivity contribution < 1.29 is 0 Å². The highest BCUT2D eigenvalue weighted by Crippen LogP contribution is 2.31. The van der Waals surface area contributed by atoms with Crippen molar-refractivity contribution in [3.05, 3.63) is 24.5 Å². The molecule has 1 unspecified atom stereocenters. The fourth-order valence-corrected chi connectivity index (χ4v) is 2.79. The summed E-state index contributed by atoms with van der Waals surface area (Å²) in [5.41, 5.74) is 1.23. The summed E-state index contributed by atoms with van der Waals surface area (Å²) in [5.74, 6) is 0.833.